The van der Waals surface area contributed by atoms with Crippen LogP contribution in [-0.4, -0.2) is 29.4 Å². The van der Waals surface area contributed by atoms with Gasteiger partial charge in [0.2, 0.25) is 0 Å². The van der Waals surface area contributed by atoms with Crippen LogP contribution in [0.5, 0.6) is 0 Å². The molecule has 1 N–H and O–H groups in total. The maximum absolute atomic E-state index is 10.8. The molecule has 146 valence electrons. The Hall–Kier alpha value is 0.870. The SMILES string of the molecule is CCCCCCCCCCCCCCC(O)CCC(C)S(=O)(=O)[O-].[Na+]. The molecular weight excluding hydrogens is 347 g/mol. The van der Waals surface area contributed by atoms with Crippen molar-refractivity contribution in [1.29, 1.82) is 0 Å². The van der Waals surface area contributed by atoms with E-state index in [2.05, 4.69) is 6.92 Å². The van der Waals surface area contributed by atoms with Gasteiger partial charge in [0.25, 0.3) is 0 Å². The zero-order chi connectivity index (χ0) is 18.3. The van der Waals surface area contributed by atoms with Crippen LogP contribution < -0.4 is 29.6 Å². The largest absolute Gasteiger partial charge is 1.00 e. The quantitative estimate of drug-likeness (QED) is 0.236. The molecule has 0 saturated carbocycles. The molecule has 0 aromatic carbocycles. The molecule has 2 unspecified atom stereocenters. The van der Waals surface area contributed by atoms with Gasteiger partial charge < -0.3 is 9.66 Å². The van der Waals surface area contributed by atoms with Crippen LogP contribution in [-0.2, 0) is 10.1 Å². The Morgan fingerprint density at radius 3 is 1.56 bits per heavy atom. The summed E-state index contributed by atoms with van der Waals surface area (Å²) >= 11 is 0. The fourth-order valence-corrected chi connectivity index (χ4v) is 3.36. The van der Waals surface area contributed by atoms with Crippen molar-refractivity contribution in [3.63, 3.8) is 0 Å². The van der Waals surface area contributed by atoms with E-state index >= 15 is 0 Å². The van der Waals surface area contributed by atoms with Gasteiger partial charge >= 0.3 is 29.6 Å². The van der Waals surface area contributed by atoms with E-state index in [1.165, 1.54) is 71.1 Å². The second-order valence-electron chi connectivity index (χ2n) is 7.21. The summed E-state index contributed by atoms with van der Waals surface area (Å²) in [5.41, 5.74) is 0. The third-order valence-corrected chi connectivity index (χ3v) is 6.01. The average Bonchev–Trinajstić information content (AvgIpc) is 2.52. The summed E-state index contributed by atoms with van der Waals surface area (Å²) in [5, 5.41) is 8.93. The van der Waals surface area contributed by atoms with Crippen molar-refractivity contribution in [1.82, 2.24) is 0 Å². The van der Waals surface area contributed by atoms with Crippen LogP contribution in [0.1, 0.15) is 110 Å². The number of unbranched alkanes of at least 4 members (excludes halogenated alkanes) is 11. The summed E-state index contributed by atoms with van der Waals surface area (Å²) in [5.74, 6) is 0. The van der Waals surface area contributed by atoms with Gasteiger partial charge in [-0.3, -0.25) is 0 Å². The van der Waals surface area contributed by atoms with Crippen molar-refractivity contribution < 1.29 is 47.6 Å². The molecule has 0 spiro atoms. The van der Waals surface area contributed by atoms with Crippen LogP contribution in [0.3, 0.4) is 0 Å². The summed E-state index contributed by atoms with van der Waals surface area (Å²) in [6, 6.07) is 0. The molecule has 25 heavy (non-hydrogen) atoms. The van der Waals surface area contributed by atoms with E-state index in [1.807, 2.05) is 0 Å². The van der Waals surface area contributed by atoms with Crippen molar-refractivity contribution in [3.05, 3.63) is 0 Å². The monoisotopic (exact) mass is 386 g/mol. The summed E-state index contributed by atoms with van der Waals surface area (Å²) in [7, 11) is -4.21. The van der Waals surface area contributed by atoms with Gasteiger partial charge in [0.05, 0.1) is 16.2 Å². The topological polar surface area (TPSA) is 77.4 Å². The molecule has 0 rings (SSSR count). The van der Waals surface area contributed by atoms with Gasteiger partial charge in [0.15, 0.2) is 0 Å². The average molecular weight is 387 g/mol. The molecular formula is C19H39NaO4S. The van der Waals surface area contributed by atoms with Crippen LogP contribution in [0, 0.1) is 0 Å². The maximum Gasteiger partial charge on any atom is 1.00 e. The molecule has 0 fully saturated rings. The number of rotatable bonds is 17. The van der Waals surface area contributed by atoms with Crippen LogP contribution in [0.4, 0.5) is 0 Å². The van der Waals surface area contributed by atoms with Crippen LogP contribution in [0.2, 0.25) is 0 Å². The Labute approximate surface area is 178 Å². The molecule has 0 aliphatic rings. The van der Waals surface area contributed by atoms with E-state index in [4.69, 9.17) is 0 Å². The summed E-state index contributed by atoms with van der Waals surface area (Å²) in [6.45, 7) is 3.66. The molecule has 0 aliphatic heterocycles. The first-order valence-corrected chi connectivity index (χ1v) is 11.5. The van der Waals surface area contributed by atoms with Gasteiger partial charge in [0, 0.05) is 5.25 Å². The molecule has 0 amide bonds. The Kier molecular flexibility index (Phi) is 20.5. The van der Waals surface area contributed by atoms with Crippen molar-refractivity contribution in [2.45, 2.75) is 122 Å². The maximum atomic E-state index is 10.8. The fourth-order valence-electron chi connectivity index (χ4n) is 2.94. The van der Waals surface area contributed by atoms with Crippen molar-refractivity contribution in [3.8, 4) is 0 Å². The first-order valence-electron chi connectivity index (χ1n) is 10.0. The normalized spacial score (nSPS) is 14.1. The zero-order valence-corrected chi connectivity index (χ0v) is 19.7. The molecule has 0 aromatic rings. The summed E-state index contributed by atoms with van der Waals surface area (Å²) < 4.78 is 32.3. The third-order valence-electron chi connectivity index (χ3n) is 4.79. The second kappa shape index (κ2) is 18.2. The third kappa shape index (κ3) is 19.4. The zero-order valence-electron chi connectivity index (χ0n) is 16.8. The van der Waals surface area contributed by atoms with Crippen molar-refractivity contribution >= 4 is 10.1 Å². The molecule has 6 heteroatoms. The first-order chi connectivity index (χ1) is 11.4. The molecule has 0 aliphatic carbocycles. The summed E-state index contributed by atoms with van der Waals surface area (Å²) in [6.07, 6.45) is 16.4. The van der Waals surface area contributed by atoms with Crippen molar-refractivity contribution in [2.75, 3.05) is 0 Å². The van der Waals surface area contributed by atoms with E-state index in [0.29, 0.717) is 12.8 Å². The smallest absolute Gasteiger partial charge is 0.748 e. The van der Waals surface area contributed by atoms with E-state index in [0.717, 1.165) is 12.8 Å². The minimum Gasteiger partial charge on any atom is -0.748 e. The van der Waals surface area contributed by atoms with Gasteiger partial charge in [-0.25, -0.2) is 8.42 Å². The Morgan fingerprint density at radius 2 is 1.16 bits per heavy atom. The molecule has 0 saturated heterocycles. The molecule has 4 nitrogen and oxygen atoms in total. The first kappa shape index (κ1) is 28.1. The molecule has 0 radical (unpaired) electrons. The minimum absolute atomic E-state index is 0. The van der Waals surface area contributed by atoms with Gasteiger partial charge in [-0.2, -0.15) is 0 Å². The van der Waals surface area contributed by atoms with Crippen molar-refractivity contribution in [2.24, 2.45) is 0 Å². The van der Waals surface area contributed by atoms with Gasteiger partial charge in [-0.15, -0.1) is 0 Å². The molecule has 0 bridgehead atoms. The predicted molar refractivity (Wildman–Crippen MR) is 100 cm³/mol. The number of aliphatic hydroxyl groups is 1. The van der Waals surface area contributed by atoms with Crippen LogP contribution in [0.25, 0.3) is 0 Å². The summed E-state index contributed by atoms with van der Waals surface area (Å²) in [4.78, 5) is 0. The van der Waals surface area contributed by atoms with Crippen LogP contribution in [0.15, 0.2) is 0 Å². The van der Waals surface area contributed by atoms with E-state index in [1.54, 1.807) is 0 Å². The Morgan fingerprint density at radius 1 is 0.760 bits per heavy atom. The van der Waals surface area contributed by atoms with Gasteiger partial charge in [-0.05, 0) is 26.2 Å². The van der Waals surface area contributed by atoms with E-state index in [9.17, 15) is 18.1 Å². The van der Waals surface area contributed by atoms with E-state index in [-0.39, 0.29) is 36.0 Å². The molecule has 0 aromatic heterocycles. The Bertz CT molecular complexity index is 374. The predicted octanol–water partition coefficient (Wildman–Crippen LogP) is 2.16. The van der Waals surface area contributed by atoms with Gasteiger partial charge in [0.1, 0.15) is 0 Å². The molecule has 2 atom stereocenters. The number of aliphatic hydroxyl groups excluding tert-OH is 1. The number of hydrogen-bond donors (Lipinski definition) is 1. The molecule has 0 heterocycles. The van der Waals surface area contributed by atoms with E-state index < -0.39 is 21.5 Å². The van der Waals surface area contributed by atoms with Crippen LogP contribution >= 0.6 is 0 Å². The standard InChI is InChI=1S/C19H40O4S.Na/c1-3-4-5-6-7-8-9-10-11-12-13-14-15-19(20)17-16-18(2)24(21,22)23;/h18-20H,3-17H2,1-2H3,(H,21,22,23);/q;+1/p-1. The minimum atomic E-state index is -4.21. The second-order valence-corrected chi connectivity index (χ2v) is 9.00. The Balaban J connectivity index is 0. The number of hydrogen-bond acceptors (Lipinski definition) is 4. The van der Waals surface area contributed by atoms with Gasteiger partial charge in [-0.1, -0.05) is 84.0 Å². The fraction of sp³-hybridized carbons (Fsp3) is 1.00.